The van der Waals surface area contributed by atoms with Gasteiger partial charge in [-0.15, -0.1) is 0 Å². The minimum atomic E-state index is 0.218. The first-order chi connectivity index (χ1) is 7.85. The molecule has 1 saturated heterocycles. The first-order valence-corrected chi connectivity index (χ1v) is 8.00. The van der Waals surface area contributed by atoms with Crippen LogP contribution in [0.2, 0.25) is 0 Å². The van der Waals surface area contributed by atoms with Gasteiger partial charge in [-0.3, -0.25) is 4.90 Å². The summed E-state index contributed by atoms with van der Waals surface area (Å²) in [7, 11) is 2.26. The zero-order chi connectivity index (χ0) is 13.1. The fourth-order valence-corrected chi connectivity index (χ4v) is 4.41. The average Bonchev–Trinajstić information content (AvgIpc) is 2.27. The number of hydrogen-bond acceptors (Lipinski definition) is 3. The van der Waals surface area contributed by atoms with Crippen molar-refractivity contribution >= 4 is 11.8 Å². The van der Waals surface area contributed by atoms with Gasteiger partial charge in [-0.2, -0.15) is 11.8 Å². The van der Waals surface area contributed by atoms with Crippen molar-refractivity contribution in [3.05, 3.63) is 0 Å². The van der Waals surface area contributed by atoms with E-state index in [1.54, 1.807) is 0 Å². The van der Waals surface area contributed by atoms with Crippen molar-refractivity contribution in [1.29, 1.82) is 0 Å². The molecule has 0 radical (unpaired) electrons. The Kier molecular flexibility index (Phi) is 5.36. The molecular formula is C14H30N2S. The summed E-state index contributed by atoms with van der Waals surface area (Å²) in [4.78, 5) is 2.54. The standard InChI is InChI=1S/C14H30N2S/c1-6-12(2)7-16(5)14(9-15)8-13(3,4)10-17-11-14/h12H,6-11,15H2,1-5H3. The second-order valence-electron chi connectivity index (χ2n) is 6.66. The molecule has 1 fully saturated rings. The van der Waals surface area contributed by atoms with Gasteiger partial charge < -0.3 is 5.73 Å². The molecule has 0 aliphatic carbocycles. The summed E-state index contributed by atoms with van der Waals surface area (Å²) in [5, 5.41) is 0. The van der Waals surface area contributed by atoms with E-state index < -0.39 is 0 Å². The predicted octanol–water partition coefficient (Wildman–Crippen LogP) is 2.82. The summed E-state index contributed by atoms with van der Waals surface area (Å²) in [5.41, 5.74) is 6.76. The van der Waals surface area contributed by atoms with Gasteiger partial charge in [0, 0.05) is 24.4 Å². The molecular weight excluding hydrogens is 228 g/mol. The Balaban J connectivity index is 2.73. The number of rotatable bonds is 5. The van der Waals surface area contributed by atoms with Gasteiger partial charge in [0.25, 0.3) is 0 Å². The normalized spacial score (nSPS) is 30.5. The molecule has 0 saturated carbocycles. The lowest BCUT2D eigenvalue weighted by atomic mass is 9.78. The summed E-state index contributed by atoms with van der Waals surface area (Å²) < 4.78 is 0. The van der Waals surface area contributed by atoms with E-state index in [1.165, 1.54) is 30.9 Å². The Hall–Kier alpha value is 0.270. The van der Waals surface area contributed by atoms with Gasteiger partial charge in [0.05, 0.1) is 0 Å². The maximum absolute atomic E-state index is 6.12. The molecule has 0 bridgehead atoms. The molecule has 1 aliphatic rings. The second-order valence-corrected chi connectivity index (χ2v) is 7.64. The molecule has 3 heteroatoms. The Bertz CT molecular complexity index is 242. The molecule has 102 valence electrons. The fraction of sp³-hybridized carbons (Fsp3) is 1.00. The molecule has 0 aromatic rings. The molecule has 2 atom stereocenters. The van der Waals surface area contributed by atoms with Crippen LogP contribution < -0.4 is 5.73 Å². The van der Waals surface area contributed by atoms with Crippen LogP contribution in [0.25, 0.3) is 0 Å². The van der Waals surface area contributed by atoms with Crippen LogP contribution in [0.1, 0.15) is 40.5 Å². The van der Waals surface area contributed by atoms with Crippen LogP contribution in [-0.2, 0) is 0 Å². The zero-order valence-corrected chi connectivity index (χ0v) is 13.1. The molecule has 1 aliphatic heterocycles. The molecule has 1 rings (SSSR count). The lowest BCUT2D eigenvalue weighted by molar-refractivity contribution is 0.0802. The lowest BCUT2D eigenvalue weighted by Crippen LogP contribution is -2.59. The minimum absolute atomic E-state index is 0.218. The Morgan fingerprint density at radius 1 is 1.35 bits per heavy atom. The van der Waals surface area contributed by atoms with Gasteiger partial charge in [-0.1, -0.05) is 34.1 Å². The third kappa shape index (κ3) is 3.87. The third-order valence-electron chi connectivity index (χ3n) is 4.14. The van der Waals surface area contributed by atoms with E-state index in [2.05, 4.69) is 51.4 Å². The van der Waals surface area contributed by atoms with Gasteiger partial charge in [0.2, 0.25) is 0 Å². The van der Waals surface area contributed by atoms with Gasteiger partial charge >= 0.3 is 0 Å². The van der Waals surface area contributed by atoms with E-state index in [9.17, 15) is 0 Å². The van der Waals surface area contributed by atoms with Crippen LogP contribution >= 0.6 is 11.8 Å². The SMILES string of the molecule is CCC(C)CN(C)C1(CN)CSCC(C)(C)C1. The lowest BCUT2D eigenvalue weighted by Gasteiger charge is -2.50. The van der Waals surface area contributed by atoms with Crippen molar-refractivity contribution in [2.24, 2.45) is 17.1 Å². The predicted molar refractivity (Wildman–Crippen MR) is 79.6 cm³/mol. The summed E-state index contributed by atoms with van der Waals surface area (Å²) in [6, 6.07) is 0. The highest BCUT2D eigenvalue weighted by atomic mass is 32.2. The van der Waals surface area contributed by atoms with Gasteiger partial charge in [0.15, 0.2) is 0 Å². The minimum Gasteiger partial charge on any atom is -0.329 e. The van der Waals surface area contributed by atoms with E-state index in [-0.39, 0.29) is 5.54 Å². The van der Waals surface area contributed by atoms with Crippen LogP contribution in [0, 0.1) is 11.3 Å². The van der Waals surface area contributed by atoms with Crippen molar-refractivity contribution in [1.82, 2.24) is 4.90 Å². The number of likely N-dealkylation sites (N-methyl/N-ethyl adjacent to an activating group) is 1. The molecule has 17 heavy (non-hydrogen) atoms. The van der Waals surface area contributed by atoms with Crippen molar-refractivity contribution in [3.8, 4) is 0 Å². The van der Waals surface area contributed by atoms with Crippen molar-refractivity contribution in [3.63, 3.8) is 0 Å². The highest BCUT2D eigenvalue weighted by Gasteiger charge is 2.42. The molecule has 2 unspecified atom stereocenters. The van der Waals surface area contributed by atoms with Crippen LogP contribution in [0.4, 0.5) is 0 Å². The molecule has 0 amide bonds. The Labute approximate surface area is 112 Å². The van der Waals surface area contributed by atoms with E-state index >= 15 is 0 Å². The maximum atomic E-state index is 6.12. The van der Waals surface area contributed by atoms with E-state index in [4.69, 9.17) is 5.73 Å². The van der Waals surface area contributed by atoms with Crippen LogP contribution in [0.15, 0.2) is 0 Å². The van der Waals surface area contributed by atoms with Crippen LogP contribution in [0.3, 0.4) is 0 Å². The summed E-state index contributed by atoms with van der Waals surface area (Å²) in [5.74, 6) is 3.23. The number of nitrogens with two attached hydrogens (primary N) is 1. The molecule has 2 nitrogen and oxygen atoms in total. The molecule has 1 heterocycles. The Morgan fingerprint density at radius 2 is 2.00 bits per heavy atom. The number of hydrogen-bond donors (Lipinski definition) is 1. The van der Waals surface area contributed by atoms with Crippen molar-refractivity contribution in [2.75, 3.05) is 31.6 Å². The molecule has 0 aromatic heterocycles. The summed E-state index contributed by atoms with van der Waals surface area (Å²) in [6.07, 6.45) is 2.48. The number of nitrogens with zero attached hydrogens (tertiary/aromatic N) is 1. The van der Waals surface area contributed by atoms with Crippen LogP contribution in [-0.4, -0.2) is 42.1 Å². The maximum Gasteiger partial charge on any atom is 0.0424 e. The highest BCUT2D eigenvalue weighted by molar-refractivity contribution is 7.99. The van der Waals surface area contributed by atoms with Crippen molar-refractivity contribution in [2.45, 2.75) is 46.1 Å². The van der Waals surface area contributed by atoms with Gasteiger partial charge in [-0.25, -0.2) is 0 Å². The van der Waals surface area contributed by atoms with E-state index in [0.29, 0.717) is 5.41 Å². The first-order valence-electron chi connectivity index (χ1n) is 6.84. The molecule has 0 spiro atoms. The summed E-state index contributed by atoms with van der Waals surface area (Å²) in [6.45, 7) is 11.3. The first kappa shape index (κ1) is 15.3. The monoisotopic (exact) mass is 258 g/mol. The van der Waals surface area contributed by atoms with E-state index in [0.717, 1.165) is 12.5 Å². The van der Waals surface area contributed by atoms with Gasteiger partial charge in [-0.05, 0) is 30.6 Å². The van der Waals surface area contributed by atoms with Crippen LogP contribution in [0.5, 0.6) is 0 Å². The summed E-state index contributed by atoms with van der Waals surface area (Å²) >= 11 is 2.07. The van der Waals surface area contributed by atoms with Gasteiger partial charge in [0.1, 0.15) is 0 Å². The average molecular weight is 258 g/mol. The second kappa shape index (κ2) is 5.94. The third-order valence-corrected chi connectivity index (χ3v) is 5.87. The largest absolute Gasteiger partial charge is 0.329 e. The van der Waals surface area contributed by atoms with Crippen molar-refractivity contribution < 1.29 is 0 Å². The quantitative estimate of drug-likeness (QED) is 0.822. The molecule has 0 aromatic carbocycles. The molecule has 2 N–H and O–H groups in total. The fourth-order valence-electron chi connectivity index (χ4n) is 2.83. The Morgan fingerprint density at radius 3 is 2.47 bits per heavy atom. The number of thioether (sulfide) groups is 1. The van der Waals surface area contributed by atoms with E-state index in [1.807, 2.05) is 0 Å². The highest BCUT2D eigenvalue weighted by Crippen LogP contribution is 2.41. The topological polar surface area (TPSA) is 29.3 Å². The smallest absolute Gasteiger partial charge is 0.0424 e. The zero-order valence-electron chi connectivity index (χ0n) is 12.3.